The van der Waals surface area contributed by atoms with Gasteiger partial charge in [0.15, 0.2) is 0 Å². The van der Waals surface area contributed by atoms with Crippen molar-refractivity contribution >= 4 is 71.6 Å². The van der Waals surface area contributed by atoms with Gasteiger partial charge in [0.25, 0.3) is 10.1 Å². The van der Waals surface area contributed by atoms with Crippen LogP contribution in [0.15, 0.2) is 34.2 Å². The number of aliphatic imine (C=N–C) groups is 1. The number of hydrogen-bond donors (Lipinski definition) is 2. The van der Waals surface area contributed by atoms with Crippen LogP contribution in [-0.4, -0.2) is 59.6 Å². The van der Waals surface area contributed by atoms with Gasteiger partial charge < -0.3 is 0 Å². The van der Waals surface area contributed by atoms with Crippen LogP contribution in [-0.2, 0) is 10.1 Å². The third-order valence-corrected chi connectivity index (χ3v) is 7.19. The second kappa shape index (κ2) is 7.33. The molecule has 0 aromatic heterocycles. The van der Waals surface area contributed by atoms with E-state index in [0.29, 0.717) is 12.2 Å². The van der Waals surface area contributed by atoms with Crippen LogP contribution in [0.3, 0.4) is 0 Å². The molecule has 0 bridgehead atoms. The van der Waals surface area contributed by atoms with E-state index < -0.39 is 20.0 Å². The molecule has 18 heavy (non-hydrogen) atoms. The molecule has 1 aliphatic heterocycles. The van der Waals surface area contributed by atoms with E-state index in [-0.39, 0.29) is 35.3 Å². The molecule has 0 amide bonds. The fraction of sp³-hybridized carbons (Fsp3) is 0.300. The van der Waals surface area contributed by atoms with Gasteiger partial charge in [-0.2, -0.15) is 8.42 Å². The summed E-state index contributed by atoms with van der Waals surface area (Å²) in [5.74, 6) is 0.549. The minimum atomic E-state index is -3.82. The number of hydrogen-bond acceptors (Lipinski definition) is 4. The van der Waals surface area contributed by atoms with Crippen molar-refractivity contribution in [3.05, 3.63) is 24.3 Å². The van der Waals surface area contributed by atoms with Crippen LogP contribution in [0.25, 0.3) is 0 Å². The van der Waals surface area contributed by atoms with Gasteiger partial charge in [-0.1, -0.05) is 12.1 Å². The predicted molar refractivity (Wildman–Crippen MR) is 82.5 cm³/mol. The molecule has 4 nitrogen and oxygen atoms in total. The summed E-state index contributed by atoms with van der Waals surface area (Å²) in [7, 11) is -2.57. The van der Waals surface area contributed by atoms with E-state index in [1.807, 2.05) is 23.7 Å². The molecule has 1 atom stereocenters. The zero-order valence-electron chi connectivity index (χ0n) is 8.98. The molecule has 1 aromatic carbocycles. The quantitative estimate of drug-likeness (QED) is 0.287. The predicted octanol–water partition coefficient (Wildman–Crippen LogP) is 2.00. The number of para-hydroxylation sites is 1. The average molecular weight is 315 g/mol. The molecule has 1 aromatic rings. The van der Waals surface area contributed by atoms with Crippen LogP contribution in [0.2, 0.25) is 0 Å². The summed E-state index contributed by atoms with van der Waals surface area (Å²) in [5.41, 5.74) is 2.96. The summed E-state index contributed by atoms with van der Waals surface area (Å²) in [6.45, 7) is 0. The molecule has 0 saturated carbocycles. The van der Waals surface area contributed by atoms with Gasteiger partial charge in [-0.05, 0) is 18.6 Å². The van der Waals surface area contributed by atoms with Gasteiger partial charge in [0.2, 0.25) is 0 Å². The van der Waals surface area contributed by atoms with Crippen molar-refractivity contribution in [2.45, 2.75) is 11.3 Å². The molecule has 96 valence electrons. The van der Waals surface area contributed by atoms with E-state index in [2.05, 4.69) is 11.1 Å². The van der Waals surface area contributed by atoms with Crippen molar-refractivity contribution in [3.63, 3.8) is 0 Å². The Morgan fingerprint density at radius 2 is 2.06 bits per heavy atom. The van der Waals surface area contributed by atoms with Crippen LogP contribution in [0, 0.1) is 0 Å². The summed E-state index contributed by atoms with van der Waals surface area (Å²) in [6, 6.07) is 7.98. The third kappa shape index (κ3) is 4.88. The fourth-order valence-electron chi connectivity index (χ4n) is 1.44. The normalized spacial score (nSPS) is 19.3. The van der Waals surface area contributed by atoms with Crippen LogP contribution in [0.1, 0.15) is 6.42 Å². The Kier molecular flexibility index (Phi) is 6.74. The molecule has 0 fully saturated rings. The van der Waals surface area contributed by atoms with E-state index >= 15 is 0 Å². The number of fused-ring (bicyclic) bond motifs is 1. The number of nitrogens with zero attached hydrogens (tertiary/aromatic N) is 1. The Morgan fingerprint density at radius 3 is 2.78 bits per heavy atom. The molecule has 0 radical (unpaired) electrons. The van der Waals surface area contributed by atoms with Crippen molar-refractivity contribution in [3.8, 4) is 0 Å². The summed E-state index contributed by atoms with van der Waals surface area (Å²) in [6.07, 6.45) is 0.471. The maximum absolute atomic E-state index is 10.6. The van der Waals surface area contributed by atoms with E-state index in [0.717, 1.165) is 5.69 Å². The van der Waals surface area contributed by atoms with Gasteiger partial charge in [-0.3, -0.25) is 4.55 Å². The zero-order valence-corrected chi connectivity index (χ0v) is 11.5. The first-order valence-electron chi connectivity index (χ1n) is 5.07. The zero-order chi connectivity index (χ0) is 12.3. The summed E-state index contributed by atoms with van der Waals surface area (Å²) in [5, 5.41) is 0. The first-order chi connectivity index (χ1) is 8.06. The molecule has 2 rings (SSSR count). The minimum absolute atomic E-state index is 0. The van der Waals surface area contributed by atoms with E-state index in [1.165, 1.54) is 4.90 Å². The van der Waals surface area contributed by atoms with Crippen molar-refractivity contribution < 1.29 is 13.0 Å². The SMILES string of the molecule is O=S(=O)(O)CCCS[SH]1C=Nc2ccccc21.[NaH]. The van der Waals surface area contributed by atoms with Gasteiger partial charge in [-0.25, -0.2) is 4.99 Å². The van der Waals surface area contributed by atoms with Gasteiger partial charge in [-0.15, -0.1) is 20.7 Å². The van der Waals surface area contributed by atoms with Crippen LogP contribution in [0.4, 0.5) is 5.69 Å². The van der Waals surface area contributed by atoms with Gasteiger partial charge >= 0.3 is 29.6 Å². The second-order valence-corrected chi connectivity index (χ2v) is 9.09. The van der Waals surface area contributed by atoms with Crippen molar-refractivity contribution in [2.24, 2.45) is 4.99 Å². The molecule has 8 heteroatoms. The van der Waals surface area contributed by atoms with Crippen molar-refractivity contribution in [1.82, 2.24) is 0 Å². The second-order valence-electron chi connectivity index (χ2n) is 3.53. The van der Waals surface area contributed by atoms with E-state index in [4.69, 9.17) is 4.55 Å². The molecule has 1 unspecified atom stereocenters. The Hall–Kier alpha value is 0.500. The number of thiol groups is 1. The molecule has 0 aliphatic carbocycles. The molecular weight excluding hydrogens is 301 g/mol. The van der Waals surface area contributed by atoms with Gasteiger partial charge in [0.05, 0.1) is 17.0 Å². The molecule has 1 N–H and O–H groups in total. The third-order valence-electron chi connectivity index (χ3n) is 2.20. The first-order valence-corrected chi connectivity index (χ1v) is 9.68. The van der Waals surface area contributed by atoms with Gasteiger partial charge in [0, 0.05) is 10.6 Å². The Labute approximate surface area is 135 Å². The number of rotatable bonds is 5. The molecule has 1 heterocycles. The van der Waals surface area contributed by atoms with E-state index in [1.54, 1.807) is 10.8 Å². The Balaban J connectivity index is 0.00000162. The molecule has 0 saturated heterocycles. The Morgan fingerprint density at radius 1 is 1.33 bits per heavy atom. The monoisotopic (exact) mass is 315 g/mol. The molecule has 0 spiro atoms. The summed E-state index contributed by atoms with van der Waals surface area (Å²) >= 11 is 0. The average Bonchev–Trinajstić information content (AvgIpc) is 2.67. The van der Waals surface area contributed by atoms with Crippen molar-refractivity contribution in [1.29, 1.82) is 0 Å². The van der Waals surface area contributed by atoms with E-state index in [9.17, 15) is 8.42 Å². The summed E-state index contributed by atoms with van der Waals surface area (Å²) in [4.78, 5) is 5.56. The van der Waals surface area contributed by atoms with Crippen molar-refractivity contribution in [2.75, 3.05) is 11.5 Å². The molecule has 1 aliphatic rings. The van der Waals surface area contributed by atoms with Gasteiger partial charge in [0.1, 0.15) is 0 Å². The fourth-order valence-corrected chi connectivity index (χ4v) is 5.96. The van der Waals surface area contributed by atoms with Crippen LogP contribution >= 0.6 is 20.7 Å². The molecular formula is C10H14NNaO3S3. The first kappa shape index (κ1) is 16.6. The maximum atomic E-state index is 10.6. The van der Waals surface area contributed by atoms with Crippen LogP contribution < -0.4 is 0 Å². The topological polar surface area (TPSA) is 66.7 Å². The summed E-state index contributed by atoms with van der Waals surface area (Å²) < 4.78 is 29.7. The number of benzene rings is 1. The van der Waals surface area contributed by atoms with Crippen LogP contribution in [0.5, 0.6) is 0 Å². The Bertz CT molecular complexity index is 533. The standard InChI is InChI=1S/C10H13NO3S3.Na.H/c12-17(13,14)7-3-6-15-16-8-11-9-4-1-2-5-10(9)16;;/h1-2,4-5,8,16H,3,6-7H2,(H,12,13,14);;.